The summed E-state index contributed by atoms with van der Waals surface area (Å²) in [6.45, 7) is 7.79. The van der Waals surface area contributed by atoms with E-state index in [0.717, 1.165) is 64.0 Å². The Bertz CT molecular complexity index is 2480. The SMILES string of the molecule is CC(C)c1cccc(C(C)C)c1Cn1c(-c2[c-]oc3ccc(CCc4ccccc4)cc23)nc2ccccc21.[2H]C([2H])([2H])c1ccc(-c2[c-]cccc2)nc1.[Ir]. The third-order valence-corrected chi connectivity index (χ3v) is 9.56. The average Bonchev–Trinajstić information content (AvgIpc) is 3.78. The van der Waals surface area contributed by atoms with Crippen molar-refractivity contribution in [1.29, 1.82) is 0 Å². The van der Waals surface area contributed by atoms with Crippen LogP contribution in [0.2, 0.25) is 0 Å². The number of fused-ring (bicyclic) bond motifs is 2. The Balaban J connectivity index is 0.000000263. The maximum Gasteiger partial charge on any atom is 0.0770 e. The largest absolute Gasteiger partial charge is 0.557 e. The van der Waals surface area contributed by atoms with Gasteiger partial charge >= 0.3 is 0 Å². The number of imidazole rings is 1. The molecule has 0 atom stereocenters. The second kappa shape index (κ2) is 17.2. The van der Waals surface area contributed by atoms with Gasteiger partial charge in [0.15, 0.2) is 0 Å². The topological polar surface area (TPSA) is 43.9 Å². The predicted octanol–water partition coefficient (Wildman–Crippen LogP) is 12.2. The second-order valence-corrected chi connectivity index (χ2v) is 13.8. The molecule has 0 fully saturated rings. The van der Waals surface area contributed by atoms with Crippen molar-refractivity contribution in [1.82, 2.24) is 14.5 Å². The fourth-order valence-electron chi connectivity index (χ4n) is 6.86. The first-order valence-corrected chi connectivity index (χ1v) is 18.0. The molecule has 0 aliphatic heterocycles. The van der Waals surface area contributed by atoms with Gasteiger partial charge in [-0.1, -0.05) is 135 Å². The number of para-hydroxylation sites is 2. The molecule has 0 aliphatic rings. The normalized spacial score (nSPS) is 12.2. The molecule has 3 aromatic heterocycles. The predicted molar refractivity (Wildman–Crippen MR) is 215 cm³/mol. The van der Waals surface area contributed by atoms with E-state index in [1.807, 2.05) is 18.2 Å². The zero-order valence-corrected chi connectivity index (χ0v) is 33.0. The Hall–Kier alpha value is -5.09. The van der Waals surface area contributed by atoms with Gasteiger partial charge in [0.05, 0.1) is 16.9 Å². The number of aromatic nitrogens is 3. The van der Waals surface area contributed by atoms with Gasteiger partial charge in [0.1, 0.15) is 0 Å². The molecule has 4 nitrogen and oxygen atoms in total. The first-order valence-electron chi connectivity index (χ1n) is 19.5. The molecule has 0 saturated carbocycles. The zero-order valence-electron chi connectivity index (χ0n) is 33.6. The maximum absolute atomic E-state index is 7.23. The van der Waals surface area contributed by atoms with E-state index in [1.165, 1.54) is 34.0 Å². The standard InChI is InChI=1S/C36H35N2O.C12H10N.Ir/c1-24(2)28-13-10-14-29(25(3)4)31(28)22-38-34-16-9-8-15-33(34)37-36(38)32-23-39-35-20-19-27(21-30(32)35)18-17-26-11-6-5-7-12-26;1-10-7-8-12(13-9-10)11-5-3-2-4-6-11;/h5-16,19-21,24-25H,17-18,22H2,1-4H3;2-5,7-9H,1H3;/q2*-1;/i;1D3;. The van der Waals surface area contributed by atoms with E-state index in [2.05, 4.69) is 141 Å². The first-order chi connectivity index (χ1) is 26.6. The smallest absolute Gasteiger partial charge is 0.0770 e. The number of nitrogens with zero attached hydrogens (tertiary/aromatic N) is 3. The van der Waals surface area contributed by atoms with Gasteiger partial charge in [0.2, 0.25) is 0 Å². The summed E-state index contributed by atoms with van der Waals surface area (Å²) in [5, 5.41) is 1.07. The Morgan fingerprint density at radius 1 is 0.755 bits per heavy atom. The van der Waals surface area contributed by atoms with Crippen molar-refractivity contribution in [3.8, 4) is 22.6 Å². The van der Waals surface area contributed by atoms with E-state index >= 15 is 0 Å². The zero-order chi connectivity index (χ0) is 38.5. The Morgan fingerprint density at radius 2 is 1.49 bits per heavy atom. The summed E-state index contributed by atoms with van der Waals surface area (Å²) in [7, 11) is 0. The van der Waals surface area contributed by atoms with Crippen LogP contribution in [-0.2, 0) is 39.5 Å². The van der Waals surface area contributed by atoms with Crippen LogP contribution in [0.1, 0.15) is 77.0 Å². The van der Waals surface area contributed by atoms with Crippen LogP contribution in [0, 0.1) is 19.2 Å². The van der Waals surface area contributed by atoms with Gasteiger partial charge in [-0.05, 0) is 77.2 Å². The minimum atomic E-state index is -2.09. The summed E-state index contributed by atoms with van der Waals surface area (Å²) in [6, 6.07) is 46.1. The molecule has 0 amide bonds. The number of hydrogen-bond acceptors (Lipinski definition) is 3. The van der Waals surface area contributed by atoms with Crippen molar-refractivity contribution >= 4 is 22.0 Å². The van der Waals surface area contributed by atoms with E-state index in [0.29, 0.717) is 11.8 Å². The van der Waals surface area contributed by atoms with Gasteiger partial charge < -0.3 is 14.0 Å². The molecular formula is C48H45IrN3O-2. The van der Waals surface area contributed by atoms with Crippen LogP contribution in [-0.4, -0.2) is 14.5 Å². The summed E-state index contributed by atoms with van der Waals surface area (Å²) >= 11 is 0. The number of pyridine rings is 1. The minimum Gasteiger partial charge on any atom is -0.557 e. The third kappa shape index (κ3) is 8.60. The van der Waals surface area contributed by atoms with Crippen LogP contribution < -0.4 is 0 Å². The molecule has 0 unspecified atom stereocenters. The molecule has 0 aliphatic carbocycles. The van der Waals surface area contributed by atoms with Crippen molar-refractivity contribution in [2.75, 3.05) is 0 Å². The van der Waals surface area contributed by atoms with E-state index in [-0.39, 0.29) is 25.7 Å². The Morgan fingerprint density at radius 3 is 2.19 bits per heavy atom. The van der Waals surface area contributed by atoms with E-state index in [1.54, 1.807) is 18.2 Å². The van der Waals surface area contributed by atoms with Crippen molar-refractivity contribution < 1.29 is 28.6 Å². The number of hydrogen-bond donors (Lipinski definition) is 0. The number of aryl methyl sites for hydroxylation is 3. The quantitative estimate of drug-likeness (QED) is 0.136. The van der Waals surface area contributed by atoms with Crippen LogP contribution >= 0.6 is 0 Å². The molecule has 53 heavy (non-hydrogen) atoms. The maximum atomic E-state index is 7.23. The van der Waals surface area contributed by atoms with Crippen molar-refractivity contribution in [3.63, 3.8) is 0 Å². The molecule has 8 rings (SSSR count). The number of benzene rings is 5. The Kier molecular flexibility index (Phi) is 10.9. The van der Waals surface area contributed by atoms with Crippen LogP contribution in [0.4, 0.5) is 0 Å². The average molecular weight is 875 g/mol. The van der Waals surface area contributed by atoms with E-state index < -0.39 is 6.85 Å². The third-order valence-electron chi connectivity index (χ3n) is 9.56. The van der Waals surface area contributed by atoms with Gasteiger partial charge in [-0.2, -0.15) is 0 Å². The molecule has 0 spiro atoms. The minimum absolute atomic E-state index is 0. The molecule has 0 bridgehead atoms. The van der Waals surface area contributed by atoms with Crippen molar-refractivity contribution in [3.05, 3.63) is 179 Å². The summed E-state index contributed by atoms with van der Waals surface area (Å²) in [6.07, 6.45) is 6.61. The van der Waals surface area contributed by atoms with Gasteiger partial charge in [-0.15, -0.1) is 35.9 Å². The molecule has 1 radical (unpaired) electrons. The van der Waals surface area contributed by atoms with E-state index in [4.69, 9.17) is 13.5 Å². The summed E-state index contributed by atoms with van der Waals surface area (Å²) in [4.78, 5) is 9.27. The van der Waals surface area contributed by atoms with Gasteiger partial charge in [0.25, 0.3) is 0 Å². The fraction of sp³-hybridized carbons (Fsp3) is 0.208. The van der Waals surface area contributed by atoms with Crippen LogP contribution in [0.3, 0.4) is 0 Å². The van der Waals surface area contributed by atoms with Crippen LogP contribution in [0.15, 0.2) is 138 Å². The Labute approximate surface area is 331 Å². The number of furan rings is 1. The van der Waals surface area contributed by atoms with Gasteiger partial charge in [-0.25, -0.2) is 0 Å². The van der Waals surface area contributed by atoms with Crippen molar-refractivity contribution in [2.24, 2.45) is 0 Å². The summed E-state index contributed by atoms with van der Waals surface area (Å²) in [5.41, 5.74) is 12.6. The van der Waals surface area contributed by atoms with E-state index in [9.17, 15) is 0 Å². The summed E-state index contributed by atoms with van der Waals surface area (Å²) < 4.78 is 30.0. The molecule has 8 aromatic rings. The molecule has 0 N–H and O–H groups in total. The number of rotatable bonds is 9. The molecular weight excluding hydrogens is 827 g/mol. The van der Waals surface area contributed by atoms with Crippen LogP contribution in [0.25, 0.3) is 44.6 Å². The fourth-order valence-corrected chi connectivity index (χ4v) is 6.86. The van der Waals surface area contributed by atoms with Gasteiger partial charge in [0, 0.05) is 48.8 Å². The first kappa shape index (κ1) is 33.7. The monoisotopic (exact) mass is 875 g/mol. The molecule has 3 heterocycles. The molecule has 5 aromatic carbocycles. The summed E-state index contributed by atoms with van der Waals surface area (Å²) in [5.74, 6) is 1.78. The molecule has 269 valence electrons. The molecule has 0 saturated heterocycles. The van der Waals surface area contributed by atoms with Crippen molar-refractivity contribution in [2.45, 2.75) is 65.8 Å². The van der Waals surface area contributed by atoms with Gasteiger partial charge in [-0.3, -0.25) is 4.98 Å². The van der Waals surface area contributed by atoms with Crippen LogP contribution in [0.5, 0.6) is 0 Å². The second-order valence-electron chi connectivity index (χ2n) is 13.8. The molecule has 5 heteroatoms.